The van der Waals surface area contributed by atoms with Crippen LogP contribution >= 0.6 is 11.8 Å². The second-order valence-corrected chi connectivity index (χ2v) is 8.31. The van der Waals surface area contributed by atoms with Gasteiger partial charge >= 0.3 is 0 Å². The minimum atomic E-state index is -3.07. The third kappa shape index (κ3) is 4.77. The van der Waals surface area contributed by atoms with Gasteiger partial charge in [-0.3, -0.25) is 0 Å². The molecule has 0 spiro atoms. The van der Waals surface area contributed by atoms with E-state index in [9.17, 15) is 8.42 Å². The van der Waals surface area contributed by atoms with Crippen molar-refractivity contribution in [3.63, 3.8) is 0 Å². The van der Waals surface area contributed by atoms with E-state index in [-0.39, 0.29) is 10.5 Å². The molecule has 0 aromatic carbocycles. The molecular weight excluding hydrogens is 256 g/mol. The Balaban J connectivity index is 1.60. The molecule has 100 valence electrons. The van der Waals surface area contributed by atoms with E-state index in [1.807, 2.05) is 0 Å². The molecule has 0 unspecified atom stereocenters. The normalized spacial score (nSPS) is 22.6. The first-order valence-electron chi connectivity index (χ1n) is 6.31. The largest absolute Gasteiger partial charge is 0.314 e. The van der Waals surface area contributed by atoms with Crippen LogP contribution in [0.1, 0.15) is 32.1 Å². The Morgan fingerprint density at radius 3 is 2.59 bits per heavy atom. The lowest BCUT2D eigenvalue weighted by Crippen LogP contribution is -2.34. The molecule has 0 aromatic rings. The molecule has 4 nitrogen and oxygen atoms in total. The van der Waals surface area contributed by atoms with Gasteiger partial charge in [0.2, 0.25) is 10.0 Å². The Bertz CT molecular complexity index is 348. The van der Waals surface area contributed by atoms with Crippen LogP contribution in [0.2, 0.25) is 0 Å². The van der Waals surface area contributed by atoms with Crippen LogP contribution < -0.4 is 10.0 Å². The molecule has 2 rings (SSSR count). The molecule has 0 aliphatic heterocycles. The van der Waals surface area contributed by atoms with Crippen molar-refractivity contribution in [1.29, 1.82) is 0 Å². The van der Waals surface area contributed by atoms with E-state index in [1.54, 1.807) is 11.8 Å². The van der Waals surface area contributed by atoms with Crippen LogP contribution in [0.4, 0.5) is 0 Å². The number of rotatable bonds is 9. The average Bonchev–Trinajstić information content (AvgIpc) is 3.16. The standard InChI is InChI=1S/C11H22N2O2S2/c1-16-11(5-6-11)9-13-17(14,15)8-2-7-12-10-3-4-10/h10,12-13H,2-9H2,1H3. The molecule has 17 heavy (non-hydrogen) atoms. The topological polar surface area (TPSA) is 58.2 Å². The van der Waals surface area contributed by atoms with Gasteiger partial charge in [-0.2, -0.15) is 11.8 Å². The van der Waals surface area contributed by atoms with Crippen LogP contribution in [0.15, 0.2) is 0 Å². The van der Waals surface area contributed by atoms with E-state index in [1.165, 1.54) is 12.8 Å². The van der Waals surface area contributed by atoms with Crippen LogP contribution in [0.25, 0.3) is 0 Å². The molecule has 0 heterocycles. The maximum atomic E-state index is 11.7. The molecule has 0 amide bonds. The summed E-state index contributed by atoms with van der Waals surface area (Å²) in [5.41, 5.74) is 0. The van der Waals surface area contributed by atoms with Gasteiger partial charge in [0.25, 0.3) is 0 Å². The molecule has 2 N–H and O–H groups in total. The van der Waals surface area contributed by atoms with Crippen molar-refractivity contribution in [2.24, 2.45) is 0 Å². The van der Waals surface area contributed by atoms with E-state index in [4.69, 9.17) is 0 Å². The molecule has 2 saturated carbocycles. The van der Waals surface area contributed by atoms with E-state index < -0.39 is 10.0 Å². The van der Waals surface area contributed by atoms with Crippen molar-refractivity contribution in [2.45, 2.75) is 42.9 Å². The fourth-order valence-electron chi connectivity index (χ4n) is 1.76. The quantitative estimate of drug-likeness (QED) is 0.616. The molecule has 2 aliphatic rings. The number of hydrogen-bond donors (Lipinski definition) is 2. The Hall–Kier alpha value is 0.220. The van der Waals surface area contributed by atoms with Crippen molar-refractivity contribution in [3.8, 4) is 0 Å². The summed E-state index contributed by atoms with van der Waals surface area (Å²) >= 11 is 1.78. The summed E-state index contributed by atoms with van der Waals surface area (Å²) in [6.45, 7) is 1.42. The van der Waals surface area contributed by atoms with Gasteiger partial charge < -0.3 is 5.32 Å². The molecule has 0 aromatic heterocycles. The van der Waals surface area contributed by atoms with Crippen LogP contribution in [0.3, 0.4) is 0 Å². The smallest absolute Gasteiger partial charge is 0.211 e. The highest BCUT2D eigenvalue weighted by atomic mass is 32.2. The van der Waals surface area contributed by atoms with E-state index in [0.29, 0.717) is 19.0 Å². The number of hydrogen-bond acceptors (Lipinski definition) is 4. The monoisotopic (exact) mass is 278 g/mol. The minimum Gasteiger partial charge on any atom is -0.314 e. The Morgan fingerprint density at radius 2 is 2.06 bits per heavy atom. The predicted octanol–water partition coefficient (Wildman–Crippen LogP) is 0.943. The molecule has 0 atom stereocenters. The molecule has 6 heteroatoms. The van der Waals surface area contributed by atoms with Gasteiger partial charge in [0.15, 0.2) is 0 Å². The summed E-state index contributed by atoms with van der Waals surface area (Å²) in [6.07, 6.45) is 7.54. The summed E-state index contributed by atoms with van der Waals surface area (Å²) in [6, 6.07) is 0.664. The predicted molar refractivity (Wildman–Crippen MR) is 72.9 cm³/mol. The average molecular weight is 278 g/mol. The Morgan fingerprint density at radius 1 is 1.35 bits per heavy atom. The Labute approximate surface area is 108 Å². The zero-order valence-electron chi connectivity index (χ0n) is 10.4. The van der Waals surface area contributed by atoms with Crippen LogP contribution in [-0.2, 0) is 10.0 Å². The van der Waals surface area contributed by atoms with Crippen LogP contribution in [-0.4, -0.2) is 44.3 Å². The molecular formula is C11H22N2O2S2. The van der Waals surface area contributed by atoms with Crippen molar-refractivity contribution >= 4 is 21.8 Å². The van der Waals surface area contributed by atoms with Gasteiger partial charge in [0.05, 0.1) is 5.75 Å². The van der Waals surface area contributed by atoms with E-state index in [0.717, 1.165) is 19.4 Å². The first-order valence-corrected chi connectivity index (χ1v) is 9.19. The molecule has 0 radical (unpaired) electrons. The van der Waals surface area contributed by atoms with Gasteiger partial charge in [0.1, 0.15) is 0 Å². The lowest BCUT2D eigenvalue weighted by Gasteiger charge is -2.13. The van der Waals surface area contributed by atoms with Gasteiger partial charge in [0, 0.05) is 17.3 Å². The fourth-order valence-corrected chi connectivity index (χ4v) is 3.75. The highest BCUT2D eigenvalue weighted by Gasteiger charge is 2.42. The summed E-state index contributed by atoms with van der Waals surface area (Å²) in [5, 5.41) is 3.33. The zero-order chi connectivity index (χ0) is 12.4. The summed E-state index contributed by atoms with van der Waals surface area (Å²) in [4.78, 5) is 0. The third-order valence-electron chi connectivity index (χ3n) is 3.46. The second kappa shape index (κ2) is 5.47. The Kier molecular flexibility index (Phi) is 4.39. The first-order chi connectivity index (χ1) is 8.05. The lowest BCUT2D eigenvalue weighted by atomic mass is 10.4. The molecule has 0 bridgehead atoms. The number of thioether (sulfide) groups is 1. The molecule has 0 saturated heterocycles. The van der Waals surface area contributed by atoms with Gasteiger partial charge in [-0.25, -0.2) is 13.1 Å². The summed E-state index contributed by atoms with van der Waals surface area (Å²) in [5.74, 6) is 0.247. The second-order valence-electron chi connectivity index (χ2n) is 5.11. The fraction of sp³-hybridized carbons (Fsp3) is 1.00. The van der Waals surface area contributed by atoms with Crippen molar-refractivity contribution in [1.82, 2.24) is 10.0 Å². The van der Waals surface area contributed by atoms with Gasteiger partial charge in [-0.05, 0) is 44.9 Å². The van der Waals surface area contributed by atoms with E-state index in [2.05, 4.69) is 16.3 Å². The molecule has 2 aliphatic carbocycles. The summed E-state index contributed by atoms with van der Waals surface area (Å²) in [7, 11) is -3.07. The zero-order valence-corrected chi connectivity index (χ0v) is 12.0. The number of sulfonamides is 1. The van der Waals surface area contributed by atoms with Gasteiger partial charge in [-0.1, -0.05) is 0 Å². The lowest BCUT2D eigenvalue weighted by molar-refractivity contribution is 0.573. The van der Waals surface area contributed by atoms with Crippen LogP contribution in [0.5, 0.6) is 0 Å². The van der Waals surface area contributed by atoms with Crippen molar-refractivity contribution in [2.75, 3.05) is 25.1 Å². The van der Waals surface area contributed by atoms with Crippen molar-refractivity contribution in [3.05, 3.63) is 0 Å². The minimum absolute atomic E-state index is 0.208. The highest BCUT2D eigenvalue weighted by molar-refractivity contribution is 8.00. The first kappa shape index (κ1) is 13.6. The SMILES string of the molecule is CSC1(CNS(=O)(=O)CCCNC2CC2)CC1. The van der Waals surface area contributed by atoms with Crippen LogP contribution in [0, 0.1) is 0 Å². The maximum absolute atomic E-state index is 11.7. The molecule has 2 fully saturated rings. The number of nitrogens with one attached hydrogen (secondary N) is 2. The maximum Gasteiger partial charge on any atom is 0.211 e. The van der Waals surface area contributed by atoms with E-state index >= 15 is 0 Å². The van der Waals surface area contributed by atoms with Gasteiger partial charge in [-0.15, -0.1) is 0 Å². The third-order valence-corrected chi connectivity index (χ3v) is 6.28. The van der Waals surface area contributed by atoms with Crippen molar-refractivity contribution < 1.29 is 8.42 Å². The highest BCUT2D eigenvalue weighted by Crippen LogP contribution is 2.46. The summed E-state index contributed by atoms with van der Waals surface area (Å²) < 4.78 is 26.4.